The van der Waals surface area contributed by atoms with E-state index >= 15 is 0 Å². The average molecular weight is 393 g/mol. The number of rotatable bonds is 8. The van der Waals surface area contributed by atoms with Gasteiger partial charge in [-0.1, -0.05) is 44.6 Å². The van der Waals surface area contributed by atoms with Crippen LogP contribution in [-0.2, 0) is 0 Å². The molecule has 0 atom stereocenters. The van der Waals surface area contributed by atoms with Crippen LogP contribution in [0.2, 0.25) is 0 Å². The Balaban J connectivity index is 1.31. The first-order valence-corrected chi connectivity index (χ1v) is 11.3. The van der Waals surface area contributed by atoms with Gasteiger partial charge in [0.2, 0.25) is 0 Å². The highest BCUT2D eigenvalue weighted by atomic mass is 19.2. The predicted octanol–water partition coefficient (Wildman–Crippen LogP) is 8.32. The molecular weight excluding hydrogens is 357 g/mol. The van der Waals surface area contributed by atoms with Crippen molar-refractivity contribution in [2.24, 2.45) is 17.8 Å². The third kappa shape index (κ3) is 5.87. The molecule has 1 aromatic carbocycles. The van der Waals surface area contributed by atoms with E-state index in [4.69, 9.17) is 0 Å². The van der Waals surface area contributed by atoms with Crippen LogP contribution in [0.25, 0.3) is 0 Å². The molecule has 3 heteroatoms. The van der Waals surface area contributed by atoms with Gasteiger partial charge in [0, 0.05) is 0 Å². The minimum Gasteiger partial charge on any atom is -0.204 e. The van der Waals surface area contributed by atoms with Crippen molar-refractivity contribution in [2.75, 3.05) is 0 Å². The van der Waals surface area contributed by atoms with Gasteiger partial charge in [0.15, 0.2) is 17.5 Å². The van der Waals surface area contributed by atoms with E-state index in [1.54, 1.807) is 0 Å². The lowest BCUT2D eigenvalue weighted by Gasteiger charge is -2.30. The fraction of sp³-hybridized carbons (Fsp3) is 0.680. The van der Waals surface area contributed by atoms with Crippen molar-refractivity contribution in [2.45, 2.75) is 89.4 Å². The van der Waals surface area contributed by atoms with Gasteiger partial charge in [0.05, 0.1) is 0 Å². The van der Waals surface area contributed by atoms with Gasteiger partial charge in [-0.3, -0.25) is 0 Å². The van der Waals surface area contributed by atoms with Crippen molar-refractivity contribution < 1.29 is 13.2 Å². The van der Waals surface area contributed by atoms with E-state index < -0.39 is 17.5 Å². The van der Waals surface area contributed by atoms with Crippen LogP contribution in [0.15, 0.2) is 24.8 Å². The second-order valence-electron chi connectivity index (χ2n) is 9.21. The van der Waals surface area contributed by atoms with Crippen LogP contribution in [0, 0.1) is 35.2 Å². The molecule has 0 bridgehead atoms. The number of benzene rings is 1. The van der Waals surface area contributed by atoms with Gasteiger partial charge < -0.3 is 0 Å². The Morgan fingerprint density at radius 2 is 1.21 bits per heavy atom. The molecule has 28 heavy (non-hydrogen) atoms. The first kappa shape index (κ1) is 21.5. The minimum atomic E-state index is -1.35. The van der Waals surface area contributed by atoms with Gasteiger partial charge in [-0.05, 0) is 86.3 Å². The van der Waals surface area contributed by atoms with Crippen LogP contribution in [-0.4, -0.2) is 0 Å². The van der Waals surface area contributed by atoms with Crippen molar-refractivity contribution in [3.8, 4) is 0 Å². The molecule has 1 aromatic rings. The normalized spacial score (nSPS) is 28.2. The monoisotopic (exact) mass is 392 g/mol. The lowest BCUT2D eigenvalue weighted by atomic mass is 9.76. The summed E-state index contributed by atoms with van der Waals surface area (Å²) >= 11 is 0. The Morgan fingerprint density at radius 3 is 1.71 bits per heavy atom. The molecule has 3 rings (SSSR count). The molecule has 0 nitrogen and oxygen atoms in total. The summed E-state index contributed by atoms with van der Waals surface area (Å²) in [6.07, 6.45) is 18.3. The smallest absolute Gasteiger partial charge is 0.194 e. The molecule has 0 spiro atoms. The topological polar surface area (TPSA) is 0 Å². The van der Waals surface area contributed by atoms with Crippen molar-refractivity contribution in [1.82, 2.24) is 0 Å². The third-order valence-electron chi connectivity index (χ3n) is 7.27. The van der Waals surface area contributed by atoms with Crippen LogP contribution in [0.5, 0.6) is 0 Å². The van der Waals surface area contributed by atoms with Crippen molar-refractivity contribution in [3.05, 3.63) is 47.8 Å². The van der Waals surface area contributed by atoms with Gasteiger partial charge in [-0.25, -0.2) is 13.2 Å². The molecule has 0 saturated heterocycles. The first-order chi connectivity index (χ1) is 13.6. The summed E-state index contributed by atoms with van der Waals surface area (Å²) in [6.45, 7) is 3.86. The van der Waals surface area contributed by atoms with Crippen molar-refractivity contribution in [1.29, 1.82) is 0 Å². The predicted molar refractivity (Wildman–Crippen MR) is 110 cm³/mol. The molecular formula is C25H35F3. The number of halogens is 3. The summed E-state index contributed by atoms with van der Waals surface area (Å²) in [5.74, 6) is -0.744. The maximum Gasteiger partial charge on any atom is 0.194 e. The van der Waals surface area contributed by atoms with Crippen LogP contribution in [0.4, 0.5) is 13.2 Å². The maximum atomic E-state index is 13.5. The fourth-order valence-electron chi connectivity index (χ4n) is 5.45. The molecule has 0 amide bonds. The molecule has 2 saturated carbocycles. The number of allylic oxidation sites excluding steroid dienone is 1. The third-order valence-corrected chi connectivity index (χ3v) is 7.27. The lowest BCUT2D eigenvalue weighted by Crippen LogP contribution is -2.15. The Labute approximate surface area is 168 Å². The Hall–Kier alpha value is -1.25. The van der Waals surface area contributed by atoms with Crippen LogP contribution < -0.4 is 0 Å². The number of hydrogen-bond donors (Lipinski definition) is 0. The zero-order valence-corrected chi connectivity index (χ0v) is 17.1. The summed E-state index contributed by atoms with van der Waals surface area (Å²) in [6, 6.07) is 2.38. The number of unbranched alkanes of at least 4 members (excludes halogenated alkanes) is 1. The maximum absolute atomic E-state index is 13.5. The highest BCUT2D eigenvalue weighted by Crippen LogP contribution is 2.39. The van der Waals surface area contributed by atoms with Gasteiger partial charge in [-0.2, -0.15) is 0 Å². The van der Waals surface area contributed by atoms with E-state index in [2.05, 4.69) is 12.7 Å². The summed E-state index contributed by atoms with van der Waals surface area (Å²) in [7, 11) is 0. The fourth-order valence-corrected chi connectivity index (χ4v) is 5.45. The van der Waals surface area contributed by atoms with Gasteiger partial charge in [-0.15, -0.1) is 6.58 Å². The summed E-state index contributed by atoms with van der Waals surface area (Å²) in [4.78, 5) is 0. The summed E-state index contributed by atoms with van der Waals surface area (Å²) in [5.41, 5.74) is 0.627. The standard InChI is InChI=1S/C25H35F3/c1-2-5-18-8-10-19(11-9-18)6-3-4-7-20-12-14-21(15-13-20)22-16-23(26)25(28)24(27)17-22/h2,16-21H,1,3-15H2/t18-,19-,20?,21?. The van der Waals surface area contributed by atoms with Gasteiger partial charge >= 0.3 is 0 Å². The van der Waals surface area contributed by atoms with E-state index in [0.717, 1.165) is 43.4 Å². The molecule has 0 N–H and O–H groups in total. The van der Waals surface area contributed by atoms with Crippen LogP contribution in [0.1, 0.15) is 95.0 Å². The van der Waals surface area contributed by atoms with E-state index in [1.807, 2.05) is 0 Å². The van der Waals surface area contributed by atoms with Gasteiger partial charge in [0.1, 0.15) is 0 Å². The molecule has 2 aliphatic rings. The Kier molecular flexibility index (Phi) is 8.05. The molecule has 2 fully saturated rings. The zero-order valence-electron chi connectivity index (χ0n) is 17.1. The molecule has 0 unspecified atom stereocenters. The molecule has 0 radical (unpaired) electrons. The SMILES string of the molecule is C=CC[C@H]1CC[C@H](CCCCC2CCC(c3cc(F)c(F)c(F)c3)CC2)CC1. The average Bonchev–Trinajstić information content (AvgIpc) is 2.71. The van der Waals surface area contributed by atoms with E-state index in [9.17, 15) is 13.2 Å². The van der Waals surface area contributed by atoms with Crippen molar-refractivity contribution in [3.63, 3.8) is 0 Å². The van der Waals surface area contributed by atoms with E-state index in [0.29, 0.717) is 5.56 Å². The van der Waals surface area contributed by atoms with Crippen LogP contribution in [0.3, 0.4) is 0 Å². The highest BCUT2D eigenvalue weighted by Gasteiger charge is 2.24. The second-order valence-corrected chi connectivity index (χ2v) is 9.21. The largest absolute Gasteiger partial charge is 0.204 e. The Morgan fingerprint density at radius 1 is 0.750 bits per heavy atom. The molecule has 0 aromatic heterocycles. The first-order valence-electron chi connectivity index (χ1n) is 11.3. The van der Waals surface area contributed by atoms with Crippen molar-refractivity contribution >= 4 is 0 Å². The van der Waals surface area contributed by atoms with Crippen LogP contribution >= 0.6 is 0 Å². The number of hydrogen-bond acceptors (Lipinski definition) is 0. The van der Waals surface area contributed by atoms with E-state index in [-0.39, 0.29) is 5.92 Å². The summed E-state index contributed by atoms with van der Waals surface area (Å²) < 4.78 is 40.1. The second kappa shape index (κ2) is 10.5. The molecule has 0 aliphatic heterocycles. The van der Waals surface area contributed by atoms with Gasteiger partial charge in [0.25, 0.3) is 0 Å². The Bertz CT molecular complexity index is 600. The molecule has 0 heterocycles. The quantitative estimate of drug-likeness (QED) is 0.237. The lowest BCUT2D eigenvalue weighted by molar-refractivity contribution is 0.253. The highest BCUT2D eigenvalue weighted by molar-refractivity contribution is 5.23. The molecule has 156 valence electrons. The summed E-state index contributed by atoms with van der Waals surface area (Å²) in [5, 5.41) is 0. The molecule has 2 aliphatic carbocycles. The zero-order chi connectivity index (χ0) is 19.9. The van der Waals surface area contributed by atoms with E-state index in [1.165, 1.54) is 69.9 Å². The minimum absolute atomic E-state index is 0.173.